The molecule has 1 aromatic carbocycles. The Morgan fingerprint density at radius 3 is 2.30 bits per heavy atom. The molecule has 1 atom stereocenters. The number of carbonyl (C=O) groups is 3. The lowest BCUT2D eigenvalue weighted by atomic mass is 10.0. The summed E-state index contributed by atoms with van der Waals surface area (Å²) in [5, 5.41) is 2.00. The number of hydrogen-bond acceptors (Lipinski definition) is 5. The van der Waals surface area contributed by atoms with Crippen LogP contribution in [0.4, 0.5) is 30.7 Å². The fourth-order valence-corrected chi connectivity index (χ4v) is 3.92. The van der Waals surface area contributed by atoms with E-state index in [4.69, 9.17) is 0 Å². The van der Waals surface area contributed by atoms with Crippen molar-refractivity contribution in [3.8, 4) is 0 Å². The smallest absolute Gasteiger partial charge is 0.339 e. The van der Waals surface area contributed by atoms with Crippen LogP contribution in [0.1, 0.15) is 39.7 Å². The molecular formula is C24H24F7N4O5+. The number of halogens is 7. The lowest BCUT2D eigenvalue weighted by Crippen LogP contribution is -2.58. The monoisotopic (exact) mass is 581 g/mol. The highest BCUT2D eigenvalue weighted by Gasteiger charge is 2.46. The second kappa shape index (κ2) is 11.3. The Hall–Kier alpha value is -3.98. The van der Waals surface area contributed by atoms with Crippen LogP contribution in [0.2, 0.25) is 0 Å². The molecule has 2 heterocycles. The lowest BCUT2D eigenvalue weighted by Gasteiger charge is -2.36. The van der Waals surface area contributed by atoms with Crippen LogP contribution in [0.15, 0.2) is 23.0 Å². The summed E-state index contributed by atoms with van der Waals surface area (Å²) in [6, 6.07) is 3.20. The van der Waals surface area contributed by atoms with Crippen LogP contribution in [0.25, 0.3) is 0 Å². The summed E-state index contributed by atoms with van der Waals surface area (Å²) in [6.07, 6.45) is -10.2. The minimum absolute atomic E-state index is 0.101. The van der Waals surface area contributed by atoms with Gasteiger partial charge in [0.15, 0.2) is 0 Å². The van der Waals surface area contributed by atoms with Gasteiger partial charge in [0.1, 0.15) is 17.2 Å². The molecule has 3 rings (SSSR count). The number of hydrogen-bond donors (Lipinski definition) is 1. The zero-order valence-corrected chi connectivity index (χ0v) is 21.4. The van der Waals surface area contributed by atoms with Gasteiger partial charge in [0.25, 0.3) is 11.6 Å². The van der Waals surface area contributed by atoms with Crippen LogP contribution in [0.3, 0.4) is 0 Å². The Morgan fingerprint density at radius 2 is 1.73 bits per heavy atom. The quantitative estimate of drug-likeness (QED) is 0.416. The lowest BCUT2D eigenvalue weighted by molar-refractivity contribution is -0.921. The highest BCUT2D eigenvalue weighted by Crippen LogP contribution is 2.27. The van der Waals surface area contributed by atoms with Crippen molar-refractivity contribution >= 4 is 17.8 Å². The maximum absolute atomic E-state index is 14.7. The fourth-order valence-electron chi connectivity index (χ4n) is 3.92. The van der Waals surface area contributed by atoms with Gasteiger partial charge in [-0.2, -0.15) is 31.2 Å². The first-order valence-electron chi connectivity index (χ1n) is 11.8. The Morgan fingerprint density at radius 1 is 1.07 bits per heavy atom. The van der Waals surface area contributed by atoms with E-state index in [0.717, 1.165) is 28.9 Å². The number of nitrogens with one attached hydrogen (secondary N) is 1. The minimum Gasteiger partial charge on any atom is -0.339 e. The number of rotatable bonds is 6. The molecule has 0 radical (unpaired) electrons. The number of H-pyrrole nitrogens is 1. The van der Waals surface area contributed by atoms with Gasteiger partial charge in [-0.15, -0.1) is 0 Å². The highest BCUT2D eigenvalue weighted by atomic mass is 19.4. The molecule has 1 saturated heterocycles. The molecule has 0 spiro atoms. The Kier molecular flexibility index (Phi) is 8.60. The van der Waals surface area contributed by atoms with Gasteiger partial charge < -0.3 is 9.80 Å². The molecular weight excluding hydrogens is 557 g/mol. The van der Waals surface area contributed by atoms with E-state index in [1.54, 1.807) is 0 Å². The Balaban J connectivity index is 1.85. The first kappa shape index (κ1) is 30.6. The molecule has 0 aliphatic carbocycles. The topological polar surface area (TPSA) is 104 Å². The molecule has 16 heteroatoms. The number of carbonyl (C=O) groups excluding carboxylic acids is 3. The van der Waals surface area contributed by atoms with E-state index in [1.807, 2.05) is 5.10 Å². The fraction of sp³-hybridized carbons (Fsp3) is 0.458. The first-order chi connectivity index (χ1) is 18.4. The third-order valence-corrected chi connectivity index (χ3v) is 6.48. The second-order valence-corrected chi connectivity index (χ2v) is 9.31. The van der Waals surface area contributed by atoms with Crippen molar-refractivity contribution in [3.63, 3.8) is 0 Å². The van der Waals surface area contributed by atoms with Crippen molar-refractivity contribution in [1.29, 1.82) is 0 Å². The number of piperazine rings is 1. The number of aromatic nitrogens is 2. The predicted molar refractivity (Wildman–Crippen MR) is 121 cm³/mol. The van der Waals surface area contributed by atoms with Gasteiger partial charge in [0.05, 0.1) is 17.9 Å². The summed E-state index contributed by atoms with van der Waals surface area (Å²) in [4.78, 5) is 55.4. The van der Waals surface area contributed by atoms with E-state index in [9.17, 15) is 49.9 Å². The van der Waals surface area contributed by atoms with E-state index in [2.05, 4.69) is 4.84 Å². The molecule has 1 N–H and O–H groups in total. The number of aromatic amines is 1. The van der Waals surface area contributed by atoms with Crippen molar-refractivity contribution in [1.82, 2.24) is 14.9 Å². The molecule has 2 amide bonds. The molecule has 2 aromatic rings. The zero-order valence-electron chi connectivity index (χ0n) is 21.4. The van der Waals surface area contributed by atoms with Crippen LogP contribution in [0.5, 0.6) is 0 Å². The molecule has 1 aliphatic heterocycles. The van der Waals surface area contributed by atoms with E-state index < -0.39 is 66.1 Å². The van der Waals surface area contributed by atoms with Crippen LogP contribution in [-0.4, -0.2) is 71.2 Å². The average Bonchev–Trinajstić information content (AvgIpc) is 2.85. The van der Waals surface area contributed by atoms with Gasteiger partial charge in [-0.25, -0.2) is 9.18 Å². The third kappa shape index (κ3) is 6.77. The van der Waals surface area contributed by atoms with Crippen molar-refractivity contribution in [2.45, 2.75) is 39.5 Å². The first-order valence-corrected chi connectivity index (χ1v) is 11.8. The number of amides is 2. The van der Waals surface area contributed by atoms with Gasteiger partial charge in [-0.05, 0) is 31.5 Å². The summed E-state index contributed by atoms with van der Waals surface area (Å²) in [7, 11) is 0. The Labute approximate surface area is 222 Å². The molecule has 1 unspecified atom stereocenters. The molecule has 9 nitrogen and oxygen atoms in total. The van der Waals surface area contributed by atoms with E-state index in [-0.39, 0.29) is 46.7 Å². The third-order valence-electron chi connectivity index (χ3n) is 6.48. The molecule has 0 saturated carbocycles. The SMILES string of the molecule is Cc1c(C)c(=O)[nH][n+](OC(=O)C(F)(F)F)c1Cc1ccc(F)c(C(=O)N2CCN(CC(C)C(F)(F)F)C(=O)C2)c1. The maximum atomic E-state index is 14.7. The van der Waals surface area contributed by atoms with E-state index >= 15 is 0 Å². The predicted octanol–water partition coefficient (Wildman–Crippen LogP) is 2.01. The average molecular weight is 581 g/mol. The summed E-state index contributed by atoms with van der Waals surface area (Å²) >= 11 is 0. The van der Waals surface area contributed by atoms with Crippen LogP contribution in [0, 0.1) is 25.6 Å². The number of benzene rings is 1. The minimum atomic E-state index is -5.37. The van der Waals surface area contributed by atoms with Gasteiger partial charge in [-0.1, -0.05) is 18.1 Å². The summed E-state index contributed by atoms with van der Waals surface area (Å²) in [6.45, 7) is 2.14. The molecule has 1 aromatic heterocycles. The summed E-state index contributed by atoms with van der Waals surface area (Å²) in [5.41, 5.74) is -1.02. The molecule has 218 valence electrons. The standard InChI is InChI=1S/C24H23F7N4O5/c1-12(23(26,27)28)10-33-6-7-34(11-19(33)36)21(38)16-8-15(4-5-17(16)25)9-18-13(2)14(3)20(37)32-35(18)40-22(39)24(29,30)31/h4-5,8,12H,6-7,9-11H2,1-3H3/p+1. The number of nitrogens with zero attached hydrogens (tertiary/aromatic N) is 3. The zero-order chi connectivity index (χ0) is 30.2. The van der Waals surface area contributed by atoms with E-state index in [1.165, 1.54) is 19.9 Å². The second-order valence-electron chi connectivity index (χ2n) is 9.31. The van der Waals surface area contributed by atoms with Crippen molar-refractivity contribution < 1.29 is 54.8 Å². The maximum Gasteiger partial charge on any atom is 0.498 e. The van der Waals surface area contributed by atoms with Gasteiger partial charge in [-0.3, -0.25) is 14.4 Å². The summed E-state index contributed by atoms with van der Waals surface area (Å²) in [5.74, 6) is -7.06. The summed E-state index contributed by atoms with van der Waals surface area (Å²) < 4.78 is 91.5. The van der Waals surface area contributed by atoms with Crippen molar-refractivity contribution in [2.75, 3.05) is 26.2 Å². The molecule has 1 aliphatic rings. The van der Waals surface area contributed by atoms with Gasteiger partial charge >= 0.3 is 23.9 Å². The van der Waals surface area contributed by atoms with Gasteiger partial charge in [0, 0.05) is 30.8 Å². The van der Waals surface area contributed by atoms with Crippen molar-refractivity contribution in [2.24, 2.45) is 5.92 Å². The van der Waals surface area contributed by atoms with Crippen LogP contribution in [-0.2, 0) is 16.0 Å². The molecule has 0 bridgehead atoms. The normalized spacial score (nSPS) is 15.3. The van der Waals surface area contributed by atoms with E-state index in [0.29, 0.717) is 0 Å². The Bertz CT molecular complexity index is 1390. The van der Waals surface area contributed by atoms with Crippen molar-refractivity contribution in [3.05, 3.63) is 62.3 Å². The van der Waals surface area contributed by atoms with Crippen LogP contribution < -0.4 is 15.2 Å². The van der Waals surface area contributed by atoms with Gasteiger partial charge in [0.2, 0.25) is 5.91 Å². The molecule has 40 heavy (non-hydrogen) atoms. The largest absolute Gasteiger partial charge is 0.498 e. The molecule has 1 fully saturated rings. The van der Waals surface area contributed by atoms with Crippen LogP contribution >= 0.6 is 0 Å². The number of alkyl halides is 6. The highest BCUT2D eigenvalue weighted by molar-refractivity contribution is 5.97.